The zero-order valence-corrected chi connectivity index (χ0v) is 8.23. The number of aliphatic carboxylic acids is 1. The van der Waals surface area contributed by atoms with Crippen molar-refractivity contribution in [3.05, 3.63) is 0 Å². The maximum absolute atomic E-state index is 11.7. The Balaban J connectivity index is 3.72. The van der Waals surface area contributed by atoms with Gasteiger partial charge >= 0.3 is 5.97 Å². The van der Waals surface area contributed by atoms with Gasteiger partial charge in [0.15, 0.2) is 0 Å². The fourth-order valence-corrected chi connectivity index (χ4v) is 1.87. The molecule has 0 saturated carbocycles. The van der Waals surface area contributed by atoms with Crippen LogP contribution in [-0.2, 0) is 4.79 Å². The maximum Gasteiger partial charge on any atom is 0.316 e. The first kappa shape index (κ1) is 11.8. The molecule has 12 heavy (non-hydrogen) atoms. The van der Waals surface area contributed by atoms with Crippen LogP contribution < -0.4 is 0 Å². The molecule has 1 atom stereocenters. The fourth-order valence-electron chi connectivity index (χ4n) is 0.814. The van der Waals surface area contributed by atoms with Crippen molar-refractivity contribution in [2.45, 2.75) is 25.5 Å². The zero-order valence-electron chi connectivity index (χ0n) is 7.42. The molecular formula is C8H15FO2S. The van der Waals surface area contributed by atoms with Crippen LogP contribution in [0.2, 0.25) is 0 Å². The topological polar surface area (TPSA) is 37.3 Å². The number of hydrogen-bond donors (Lipinski definition) is 1. The minimum atomic E-state index is -0.797. The second-order valence-corrected chi connectivity index (χ2v) is 4.17. The lowest BCUT2D eigenvalue weighted by Crippen LogP contribution is -2.22. The molecular weight excluding hydrogens is 179 g/mol. The summed E-state index contributed by atoms with van der Waals surface area (Å²) in [5.41, 5.74) is 0. The second-order valence-electron chi connectivity index (χ2n) is 2.92. The average molecular weight is 194 g/mol. The summed E-state index contributed by atoms with van der Waals surface area (Å²) in [6.45, 7) is 3.36. The van der Waals surface area contributed by atoms with Crippen molar-refractivity contribution in [3.8, 4) is 0 Å². The molecule has 0 aromatic heterocycles. The van der Waals surface area contributed by atoms with Crippen LogP contribution in [0, 0.1) is 5.92 Å². The molecule has 0 radical (unpaired) electrons. The third kappa shape index (κ3) is 4.59. The van der Waals surface area contributed by atoms with Crippen molar-refractivity contribution in [2.24, 2.45) is 5.92 Å². The Labute approximate surface area is 76.5 Å². The Morgan fingerprint density at radius 3 is 2.50 bits per heavy atom. The first-order chi connectivity index (χ1) is 5.59. The third-order valence-corrected chi connectivity index (χ3v) is 3.05. The largest absolute Gasteiger partial charge is 0.480 e. The van der Waals surface area contributed by atoms with E-state index in [1.165, 1.54) is 11.8 Å². The second kappa shape index (κ2) is 6.29. The summed E-state index contributed by atoms with van der Waals surface area (Å²) in [6.07, 6.45) is 0.446. The van der Waals surface area contributed by atoms with Gasteiger partial charge in [0.05, 0.1) is 6.67 Å². The molecule has 0 amide bonds. The number of carboxylic acid groups (broad SMARTS) is 1. The molecule has 0 spiro atoms. The van der Waals surface area contributed by atoms with Crippen molar-refractivity contribution >= 4 is 17.7 Å². The smallest absolute Gasteiger partial charge is 0.316 e. The molecule has 0 aromatic rings. The highest BCUT2D eigenvalue weighted by Crippen LogP contribution is 2.20. The minimum Gasteiger partial charge on any atom is -0.480 e. The van der Waals surface area contributed by atoms with Crippen molar-refractivity contribution in [2.75, 3.05) is 12.4 Å². The van der Waals surface area contributed by atoms with Crippen LogP contribution in [0.1, 0.15) is 20.3 Å². The zero-order chi connectivity index (χ0) is 9.56. The van der Waals surface area contributed by atoms with Gasteiger partial charge in [0, 0.05) is 0 Å². The summed E-state index contributed by atoms with van der Waals surface area (Å²) in [5, 5.41) is 8.34. The van der Waals surface area contributed by atoms with E-state index in [0.29, 0.717) is 12.2 Å². The Hall–Kier alpha value is -0.250. The Morgan fingerprint density at radius 2 is 2.17 bits per heavy atom. The van der Waals surface area contributed by atoms with Crippen LogP contribution in [-0.4, -0.2) is 28.8 Å². The quantitative estimate of drug-likeness (QED) is 0.658. The SMILES string of the molecule is CC(C)C(SCCCF)C(=O)O. The van der Waals surface area contributed by atoms with Gasteiger partial charge in [-0.2, -0.15) is 0 Å². The molecule has 0 fully saturated rings. The Bertz CT molecular complexity index is 139. The third-order valence-electron chi connectivity index (χ3n) is 1.42. The van der Waals surface area contributed by atoms with Gasteiger partial charge in [-0.25, -0.2) is 0 Å². The number of hydrogen-bond acceptors (Lipinski definition) is 2. The monoisotopic (exact) mass is 194 g/mol. The van der Waals surface area contributed by atoms with E-state index >= 15 is 0 Å². The maximum atomic E-state index is 11.7. The van der Waals surface area contributed by atoms with E-state index in [0.717, 1.165) is 0 Å². The van der Waals surface area contributed by atoms with Gasteiger partial charge in [-0.05, 0) is 18.1 Å². The molecule has 4 heteroatoms. The van der Waals surface area contributed by atoms with E-state index < -0.39 is 11.2 Å². The standard InChI is InChI=1S/C8H15FO2S/c1-6(2)7(8(10)11)12-5-3-4-9/h6-7H,3-5H2,1-2H3,(H,10,11). The lowest BCUT2D eigenvalue weighted by atomic mass is 10.1. The van der Waals surface area contributed by atoms with E-state index in [4.69, 9.17) is 5.11 Å². The highest BCUT2D eigenvalue weighted by molar-refractivity contribution is 8.00. The Morgan fingerprint density at radius 1 is 1.58 bits per heavy atom. The van der Waals surface area contributed by atoms with Crippen LogP contribution in [0.3, 0.4) is 0 Å². The predicted octanol–water partition coefficient (Wildman–Crippen LogP) is 2.19. The van der Waals surface area contributed by atoms with Gasteiger partial charge in [-0.3, -0.25) is 9.18 Å². The van der Waals surface area contributed by atoms with E-state index in [2.05, 4.69) is 0 Å². The van der Waals surface area contributed by atoms with Crippen LogP contribution in [0.15, 0.2) is 0 Å². The molecule has 0 aliphatic heterocycles. The van der Waals surface area contributed by atoms with Gasteiger partial charge < -0.3 is 5.11 Å². The van der Waals surface area contributed by atoms with Crippen molar-refractivity contribution in [1.29, 1.82) is 0 Å². The number of thioether (sulfide) groups is 1. The van der Waals surface area contributed by atoms with Crippen LogP contribution in [0.4, 0.5) is 4.39 Å². The molecule has 1 unspecified atom stereocenters. The summed E-state index contributed by atoms with van der Waals surface area (Å²) < 4.78 is 11.7. The van der Waals surface area contributed by atoms with E-state index in [1.54, 1.807) is 0 Å². The number of rotatable bonds is 6. The highest BCUT2D eigenvalue weighted by Gasteiger charge is 2.20. The van der Waals surface area contributed by atoms with Gasteiger partial charge in [0.2, 0.25) is 0 Å². The summed E-state index contributed by atoms with van der Waals surface area (Å²) in [5.74, 6) is -0.105. The summed E-state index contributed by atoms with van der Waals surface area (Å²) in [4.78, 5) is 10.6. The first-order valence-electron chi connectivity index (χ1n) is 4.00. The molecule has 72 valence electrons. The van der Waals surface area contributed by atoms with Crippen molar-refractivity contribution in [3.63, 3.8) is 0 Å². The molecule has 0 rings (SSSR count). The van der Waals surface area contributed by atoms with E-state index in [1.807, 2.05) is 13.8 Å². The summed E-state index contributed by atoms with van der Waals surface area (Å²) in [6, 6.07) is 0. The fraction of sp³-hybridized carbons (Fsp3) is 0.875. The predicted molar refractivity (Wildman–Crippen MR) is 49.3 cm³/mol. The van der Waals surface area contributed by atoms with E-state index in [9.17, 15) is 9.18 Å². The van der Waals surface area contributed by atoms with Gasteiger partial charge in [0.1, 0.15) is 5.25 Å². The molecule has 2 nitrogen and oxygen atoms in total. The number of alkyl halides is 1. The van der Waals surface area contributed by atoms with Crippen LogP contribution >= 0.6 is 11.8 Å². The Kier molecular flexibility index (Phi) is 6.16. The number of carboxylic acids is 1. The van der Waals surface area contributed by atoms with Crippen LogP contribution in [0.25, 0.3) is 0 Å². The molecule has 0 bridgehead atoms. The van der Waals surface area contributed by atoms with Crippen LogP contribution in [0.5, 0.6) is 0 Å². The number of halogens is 1. The molecule has 0 heterocycles. The van der Waals surface area contributed by atoms with Crippen molar-refractivity contribution < 1.29 is 14.3 Å². The average Bonchev–Trinajstić information content (AvgIpc) is 1.96. The van der Waals surface area contributed by atoms with Crippen molar-refractivity contribution in [1.82, 2.24) is 0 Å². The molecule has 0 aliphatic rings. The van der Waals surface area contributed by atoms with E-state index in [-0.39, 0.29) is 12.6 Å². The normalized spacial score (nSPS) is 13.3. The lowest BCUT2D eigenvalue weighted by Gasteiger charge is -2.14. The molecule has 1 N–H and O–H groups in total. The lowest BCUT2D eigenvalue weighted by molar-refractivity contribution is -0.137. The molecule has 0 aliphatic carbocycles. The summed E-state index contributed by atoms with van der Waals surface area (Å²) in [7, 11) is 0. The first-order valence-corrected chi connectivity index (χ1v) is 5.04. The minimum absolute atomic E-state index is 0.104. The molecule has 0 aromatic carbocycles. The number of carbonyl (C=O) groups is 1. The van der Waals surface area contributed by atoms with Gasteiger partial charge in [-0.15, -0.1) is 11.8 Å². The summed E-state index contributed by atoms with van der Waals surface area (Å²) >= 11 is 1.32. The van der Waals surface area contributed by atoms with Gasteiger partial charge in [0.25, 0.3) is 0 Å². The van der Waals surface area contributed by atoms with Gasteiger partial charge in [-0.1, -0.05) is 13.8 Å². The molecule has 0 saturated heterocycles. The highest BCUT2D eigenvalue weighted by atomic mass is 32.2.